The highest BCUT2D eigenvalue weighted by molar-refractivity contribution is 8.01. The number of thioether (sulfide) groups is 1. The van der Waals surface area contributed by atoms with E-state index in [2.05, 4.69) is 16.9 Å². The monoisotopic (exact) mass is 469 g/mol. The molecule has 1 fully saturated rings. The van der Waals surface area contributed by atoms with E-state index in [1.54, 1.807) is 0 Å². The Morgan fingerprint density at radius 2 is 2.10 bits per heavy atom. The lowest BCUT2D eigenvalue weighted by Gasteiger charge is -2.54. The molecule has 166 valence electrons. The number of carbonyl (C=O) groups is 4. The number of hydrogen-bond acceptors (Lipinski definition) is 10. The van der Waals surface area contributed by atoms with E-state index in [1.807, 2.05) is 0 Å². The molecule has 3 unspecified atom stereocenters. The number of amides is 2. The summed E-state index contributed by atoms with van der Waals surface area (Å²) in [5, 5.41) is 31.8. The summed E-state index contributed by atoms with van der Waals surface area (Å²) >= 11 is 1.97. The van der Waals surface area contributed by atoms with Gasteiger partial charge >= 0.3 is 11.9 Å². The second-order valence-corrected chi connectivity index (χ2v) is 9.11. The first kappa shape index (κ1) is 22.7. The molecule has 1 saturated heterocycles. The Hall–Kier alpha value is -2.94. The van der Waals surface area contributed by atoms with Crippen molar-refractivity contribution in [1.82, 2.24) is 15.2 Å². The first-order valence-corrected chi connectivity index (χ1v) is 10.6. The smallest absolute Gasteiger partial charge is 0.353 e. The van der Waals surface area contributed by atoms with Crippen molar-refractivity contribution in [2.45, 2.75) is 35.2 Å². The number of hydrogen-bond donors (Lipinski definition) is 6. The van der Waals surface area contributed by atoms with Crippen LogP contribution in [-0.4, -0.2) is 65.2 Å². The number of β-lactam (4-membered cyclic amide) rings is 1. The third-order valence-electron chi connectivity index (χ3n) is 4.81. The maximum atomic E-state index is 12.7. The zero-order valence-corrected chi connectivity index (χ0v) is 17.5. The number of carbonyl (C=O) groups excluding carboxylic acids is 2. The van der Waals surface area contributed by atoms with Crippen molar-refractivity contribution in [1.29, 1.82) is 0 Å². The SMILES string of the molecule is C=CC1=C(C(=O)O)N2C(=O)C(NC(=O)C(O)c3csc(N)n3)[C@@H]2SC1(N)CCC(=O)O. The van der Waals surface area contributed by atoms with Gasteiger partial charge in [0, 0.05) is 17.4 Å². The van der Waals surface area contributed by atoms with Crippen molar-refractivity contribution in [3.05, 3.63) is 35.0 Å². The minimum absolute atomic E-state index is 0.00891. The van der Waals surface area contributed by atoms with Gasteiger partial charge in [-0.05, 0) is 6.42 Å². The lowest BCUT2D eigenvalue weighted by molar-refractivity contribution is -0.152. The fourth-order valence-electron chi connectivity index (χ4n) is 3.33. The van der Waals surface area contributed by atoms with Crippen LogP contribution in [-0.2, 0) is 19.2 Å². The molecule has 2 amide bonds. The topological polar surface area (TPSA) is 209 Å². The molecule has 3 heterocycles. The number of aliphatic hydroxyl groups is 1. The Kier molecular flexibility index (Phi) is 6.09. The van der Waals surface area contributed by atoms with E-state index in [9.17, 15) is 29.4 Å². The lowest BCUT2D eigenvalue weighted by Crippen LogP contribution is -2.73. The highest BCUT2D eigenvalue weighted by Crippen LogP contribution is 2.50. The number of thiazole rings is 1. The number of nitrogens with one attached hydrogen (secondary N) is 1. The van der Waals surface area contributed by atoms with Crippen molar-refractivity contribution in [2.75, 3.05) is 5.73 Å². The molecular formula is C17H19N5O7S2. The normalized spacial score (nSPS) is 26.0. The quantitative estimate of drug-likeness (QED) is 0.260. The van der Waals surface area contributed by atoms with E-state index in [1.165, 1.54) is 11.5 Å². The molecule has 1 aromatic rings. The largest absolute Gasteiger partial charge is 0.481 e. The number of nitrogen functional groups attached to an aromatic ring is 1. The van der Waals surface area contributed by atoms with Crippen LogP contribution in [0.3, 0.4) is 0 Å². The number of carboxylic acids is 2. The number of rotatable bonds is 8. The Morgan fingerprint density at radius 1 is 1.42 bits per heavy atom. The summed E-state index contributed by atoms with van der Waals surface area (Å²) in [7, 11) is 0. The summed E-state index contributed by atoms with van der Waals surface area (Å²) in [5.74, 6) is -4.21. The molecule has 14 heteroatoms. The fraction of sp³-hybridized carbons (Fsp3) is 0.353. The zero-order chi connectivity index (χ0) is 23.1. The summed E-state index contributed by atoms with van der Waals surface area (Å²) < 4.78 is 0. The minimum atomic E-state index is -1.68. The van der Waals surface area contributed by atoms with E-state index in [-0.39, 0.29) is 29.2 Å². The third-order valence-corrected chi connectivity index (χ3v) is 7.07. The first-order valence-electron chi connectivity index (χ1n) is 8.81. The minimum Gasteiger partial charge on any atom is -0.481 e. The molecule has 0 aliphatic carbocycles. The average Bonchev–Trinajstić information content (AvgIpc) is 3.15. The molecule has 0 radical (unpaired) electrons. The van der Waals surface area contributed by atoms with Gasteiger partial charge in [-0.3, -0.25) is 19.3 Å². The van der Waals surface area contributed by atoms with Crippen molar-refractivity contribution >= 4 is 52.0 Å². The van der Waals surface area contributed by atoms with Crippen molar-refractivity contribution < 1.29 is 34.5 Å². The number of aliphatic hydroxyl groups excluding tert-OH is 1. The average molecular weight is 470 g/mol. The molecule has 2 aliphatic heterocycles. The van der Waals surface area contributed by atoms with Gasteiger partial charge in [-0.25, -0.2) is 9.78 Å². The summed E-state index contributed by atoms with van der Waals surface area (Å²) in [5.41, 5.74) is 11.4. The molecule has 0 bridgehead atoms. The Bertz CT molecular complexity index is 1010. The van der Waals surface area contributed by atoms with E-state index in [0.29, 0.717) is 0 Å². The second-order valence-electron chi connectivity index (χ2n) is 6.77. The molecule has 12 nitrogen and oxygen atoms in total. The molecule has 8 N–H and O–H groups in total. The Balaban J connectivity index is 1.87. The third kappa shape index (κ3) is 4.01. The molecule has 0 saturated carbocycles. The summed E-state index contributed by atoms with van der Waals surface area (Å²) in [6.07, 6.45) is -0.984. The van der Waals surface area contributed by atoms with Gasteiger partial charge in [0.2, 0.25) is 0 Å². The van der Waals surface area contributed by atoms with Gasteiger partial charge < -0.3 is 32.1 Å². The highest BCUT2D eigenvalue weighted by Gasteiger charge is 2.59. The summed E-state index contributed by atoms with van der Waals surface area (Å²) in [6.45, 7) is 3.56. The van der Waals surface area contributed by atoms with Crippen LogP contribution in [0.5, 0.6) is 0 Å². The number of carboxylic acid groups (broad SMARTS) is 2. The van der Waals surface area contributed by atoms with Crippen LogP contribution in [0.15, 0.2) is 29.3 Å². The first-order chi connectivity index (χ1) is 14.5. The van der Waals surface area contributed by atoms with Crippen LogP contribution in [0.2, 0.25) is 0 Å². The predicted molar refractivity (Wildman–Crippen MR) is 110 cm³/mol. The molecule has 2 aliphatic rings. The van der Waals surface area contributed by atoms with Crippen LogP contribution < -0.4 is 16.8 Å². The van der Waals surface area contributed by atoms with Gasteiger partial charge in [-0.15, -0.1) is 23.1 Å². The van der Waals surface area contributed by atoms with Crippen LogP contribution in [0, 0.1) is 0 Å². The van der Waals surface area contributed by atoms with Crippen molar-refractivity contribution in [3.8, 4) is 0 Å². The molecular weight excluding hydrogens is 450 g/mol. The van der Waals surface area contributed by atoms with Crippen LogP contribution in [0.4, 0.5) is 5.13 Å². The second kappa shape index (κ2) is 8.30. The van der Waals surface area contributed by atoms with E-state index in [4.69, 9.17) is 16.6 Å². The maximum absolute atomic E-state index is 12.7. The number of anilines is 1. The summed E-state index contributed by atoms with van der Waals surface area (Å²) in [6, 6.07) is -1.18. The van der Waals surface area contributed by atoms with E-state index < -0.39 is 51.8 Å². The zero-order valence-electron chi connectivity index (χ0n) is 15.8. The van der Waals surface area contributed by atoms with Gasteiger partial charge in [-0.1, -0.05) is 12.7 Å². The van der Waals surface area contributed by atoms with Gasteiger partial charge in [0.1, 0.15) is 17.1 Å². The van der Waals surface area contributed by atoms with Crippen LogP contribution >= 0.6 is 23.1 Å². The standard InChI is InChI=1S/C17H19N5O7S2/c1-2-6-10(15(28)29)22-13(27)9(14(22)31-17(6,19)4-3-8(23)24)21-12(26)11(25)7-5-30-16(18)20-7/h2,5,9,11,14,25H,1,3-4,19H2,(H2,18,20)(H,21,26)(H,23,24)(H,28,29)/t9?,11?,14-,17?/m0/s1. The molecule has 4 atom stereocenters. The van der Waals surface area contributed by atoms with Gasteiger partial charge in [0.25, 0.3) is 11.8 Å². The number of aliphatic carboxylic acids is 2. The van der Waals surface area contributed by atoms with E-state index in [0.717, 1.165) is 28.0 Å². The molecule has 3 rings (SSSR count). The van der Waals surface area contributed by atoms with E-state index >= 15 is 0 Å². The maximum Gasteiger partial charge on any atom is 0.353 e. The predicted octanol–water partition coefficient (Wildman–Crippen LogP) is -0.797. The van der Waals surface area contributed by atoms with Crippen molar-refractivity contribution in [3.63, 3.8) is 0 Å². The number of nitrogens with zero attached hydrogens (tertiary/aromatic N) is 2. The van der Waals surface area contributed by atoms with Crippen LogP contribution in [0.1, 0.15) is 24.6 Å². The summed E-state index contributed by atoms with van der Waals surface area (Å²) in [4.78, 5) is 51.3. The fourth-order valence-corrected chi connectivity index (χ4v) is 5.51. The number of fused-ring (bicyclic) bond motifs is 1. The van der Waals surface area contributed by atoms with Gasteiger partial charge in [0.05, 0.1) is 10.6 Å². The molecule has 31 heavy (non-hydrogen) atoms. The lowest BCUT2D eigenvalue weighted by atomic mass is 9.95. The number of aromatic nitrogens is 1. The molecule has 0 spiro atoms. The van der Waals surface area contributed by atoms with Gasteiger partial charge in [0.15, 0.2) is 11.2 Å². The number of nitrogens with two attached hydrogens (primary N) is 2. The Labute approximate surface area is 183 Å². The molecule has 0 aromatic carbocycles. The van der Waals surface area contributed by atoms with Crippen LogP contribution in [0.25, 0.3) is 0 Å². The van der Waals surface area contributed by atoms with Crippen molar-refractivity contribution in [2.24, 2.45) is 5.73 Å². The Morgan fingerprint density at radius 3 is 2.61 bits per heavy atom. The van der Waals surface area contributed by atoms with Gasteiger partial charge in [-0.2, -0.15) is 0 Å². The highest BCUT2D eigenvalue weighted by atomic mass is 32.2. The molecule has 1 aromatic heterocycles.